The van der Waals surface area contributed by atoms with Gasteiger partial charge in [-0.2, -0.15) is 0 Å². The average Bonchev–Trinajstić information content (AvgIpc) is 3.27. The number of hydrogen-bond donors (Lipinski definition) is 0. The van der Waals surface area contributed by atoms with Crippen molar-refractivity contribution in [2.75, 3.05) is 13.1 Å². The van der Waals surface area contributed by atoms with Crippen LogP contribution in [0.5, 0.6) is 0 Å². The molecule has 0 bridgehead atoms. The number of aryl methyl sites for hydroxylation is 1. The minimum absolute atomic E-state index is 0.238. The Morgan fingerprint density at radius 3 is 2.88 bits per heavy atom. The van der Waals surface area contributed by atoms with Crippen LogP contribution in [0.25, 0.3) is 11.6 Å². The Balaban J connectivity index is 1.44. The fourth-order valence-corrected chi connectivity index (χ4v) is 3.25. The number of likely N-dealkylation sites (tertiary alicyclic amines) is 1. The van der Waals surface area contributed by atoms with Crippen molar-refractivity contribution in [3.63, 3.8) is 0 Å². The molecule has 1 aliphatic rings. The van der Waals surface area contributed by atoms with Gasteiger partial charge in [-0.25, -0.2) is 4.98 Å². The summed E-state index contributed by atoms with van der Waals surface area (Å²) < 4.78 is 5.84. The number of halogens is 1. The second kappa shape index (κ2) is 6.90. The molecule has 0 N–H and O–H groups in total. The van der Waals surface area contributed by atoms with Crippen molar-refractivity contribution >= 4 is 11.6 Å². The zero-order valence-electron chi connectivity index (χ0n) is 13.9. The highest BCUT2D eigenvalue weighted by molar-refractivity contribution is 6.31. The Bertz CT molecular complexity index is 864. The third-order valence-corrected chi connectivity index (χ3v) is 4.78. The Morgan fingerprint density at radius 1 is 1.20 bits per heavy atom. The van der Waals surface area contributed by atoms with Crippen LogP contribution in [0.1, 0.15) is 29.5 Å². The Hall–Kier alpha value is -2.31. The van der Waals surface area contributed by atoms with Crippen LogP contribution in [0, 0.1) is 6.92 Å². The van der Waals surface area contributed by atoms with Crippen LogP contribution in [-0.2, 0) is 6.54 Å². The first-order chi connectivity index (χ1) is 12.2. The lowest BCUT2D eigenvalue weighted by Crippen LogP contribution is -2.20. The van der Waals surface area contributed by atoms with Crippen molar-refractivity contribution in [3.8, 4) is 11.6 Å². The molecule has 1 fully saturated rings. The Kier molecular flexibility index (Phi) is 4.46. The molecule has 0 radical (unpaired) electrons. The smallest absolute Gasteiger partial charge is 0.267 e. The standard InChI is InChI=1S/C18H18ClN5O/c1-12-8-21-16(9-20-12)18-23-22-17(25-18)14-6-7-24(11-14)10-13-4-2-3-5-15(13)19/h2-5,8-9,14H,6-7,10-11H2,1H3/t14-/m0/s1. The van der Waals surface area contributed by atoms with Gasteiger partial charge in [-0.1, -0.05) is 29.8 Å². The fourth-order valence-electron chi connectivity index (χ4n) is 3.05. The molecule has 1 atom stereocenters. The van der Waals surface area contributed by atoms with Gasteiger partial charge in [-0.15, -0.1) is 10.2 Å². The first kappa shape index (κ1) is 16.2. The predicted octanol–water partition coefficient (Wildman–Crippen LogP) is 3.48. The molecule has 1 aliphatic heterocycles. The zero-order valence-corrected chi connectivity index (χ0v) is 14.6. The maximum absolute atomic E-state index is 6.26. The van der Waals surface area contributed by atoms with E-state index in [9.17, 15) is 0 Å². The molecule has 0 aliphatic carbocycles. The molecule has 0 saturated carbocycles. The summed E-state index contributed by atoms with van der Waals surface area (Å²) in [5.74, 6) is 1.33. The van der Waals surface area contributed by atoms with Crippen molar-refractivity contribution in [1.29, 1.82) is 0 Å². The minimum Gasteiger partial charge on any atom is -0.419 e. The molecular formula is C18H18ClN5O. The summed E-state index contributed by atoms with van der Waals surface area (Å²) in [6.07, 6.45) is 4.34. The fraction of sp³-hybridized carbons (Fsp3) is 0.333. The number of rotatable bonds is 4. The van der Waals surface area contributed by atoms with Gasteiger partial charge in [0.2, 0.25) is 5.89 Å². The molecule has 0 amide bonds. The van der Waals surface area contributed by atoms with Gasteiger partial charge in [0, 0.05) is 24.3 Å². The Labute approximate surface area is 150 Å². The maximum Gasteiger partial charge on any atom is 0.267 e. The maximum atomic E-state index is 6.26. The highest BCUT2D eigenvalue weighted by Crippen LogP contribution is 2.29. The van der Waals surface area contributed by atoms with Crippen LogP contribution in [-0.4, -0.2) is 38.2 Å². The molecule has 0 spiro atoms. The molecule has 25 heavy (non-hydrogen) atoms. The summed E-state index contributed by atoms with van der Waals surface area (Å²) in [6.45, 7) is 4.59. The molecule has 4 rings (SSSR count). The third-order valence-electron chi connectivity index (χ3n) is 4.41. The van der Waals surface area contributed by atoms with Crippen LogP contribution in [0.3, 0.4) is 0 Å². The van der Waals surface area contributed by atoms with E-state index in [4.69, 9.17) is 16.0 Å². The SMILES string of the molecule is Cc1cnc(-c2nnc([C@H]3CCN(Cc4ccccc4Cl)C3)o2)cn1. The monoisotopic (exact) mass is 355 g/mol. The molecule has 1 aromatic carbocycles. The molecule has 6 nitrogen and oxygen atoms in total. The van der Waals surface area contributed by atoms with Gasteiger partial charge in [0.25, 0.3) is 5.89 Å². The van der Waals surface area contributed by atoms with Crippen molar-refractivity contribution < 1.29 is 4.42 Å². The molecule has 3 heterocycles. The quantitative estimate of drug-likeness (QED) is 0.713. The summed E-state index contributed by atoms with van der Waals surface area (Å²) >= 11 is 6.26. The number of hydrogen-bond acceptors (Lipinski definition) is 6. The number of nitrogens with zero attached hydrogens (tertiary/aromatic N) is 5. The molecule has 1 saturated heterocycles. The lowest BCUT2D eigenvalue weighted by atomic mass is 10.1. The van der Waals surface area contributed by atoms with E-state index in [0.29, 0.717) is 17.5 Å². The van der Waals surface area contributed by atoms with Crippen molar-refractivity contribution in [3.05, 3.63) is 58.8 Å². The molecule has 128 valence electrons. The van der Waals surface area contributed by atoms with E-state index in [1.165, 1.54) is 0 Å². The van der Waals surface area contributed by atoms with E-state index in [1.807, 2.05) is 25.1 Å². The van der Waals surface area contributed by atoms with Gasteiger partial charge in [0.1, 0.15) is 5.69 Å². The first-order valence-electron chi connectivity index (χ1n) is 8.27. The number of aromatic nitrogens is 4. The van der Waals surface area contributed by atoms with E-state index in [1.54, 1.807) is 12.4 Å². The van der Waals surface area contributed by atoms with Crippen molar-refractivity contribution in [2.24, 2.45) is 0 Å². The highest BCUT2D eigenvalue weighted by atomic mass is 35.5. The van der Waals surface area contributed by atoms with Crippen LogP contribution in [0.2, 0.25) is 5.02 Å². The topological polar surface area (TPSA) is 67.9 Å². The van der Waals surface area contributed by atoms with E-state index < -0.39 is 0 Å². The van der Waals surface area contributed by atoms with Crippen molar-refractivity contribution in [2.45, 2.75) is 25.8 Å². The normalized spacial score (nSPS) is 17.9. The number of benzene rings is 1. The lowest BCUT2D eigenvalue weighted by Gasteiger charge is -2.16. The van der Waals surface area contributed by atoms with E-state index >= 15 is 0 Å². The van der Waals surface area contributed by atoms with Crippen LogP contribution < -0.4 is 0 Å². The highest BCUT2D eigenvalue weighted by Gasteiger charge is 2.28. The van der Waals surface area contributed by atoms with E-state index in [2.05, 4.69) is 31.1 Å². The van der Waals surface area contributed by atoms with Crippen LogP contribution in [0.4, 0.5) is 0 Å². The summed E-state index contributed by atoms with van der Waals surface area (Å²) in [6, 6.07) is 7.96. The molecule has 0 unspecified atom stereocenters. The first-order valence-corrected chi connectivity index (χ1v) is 8.65. The average molecular weight is 356 g/mol. The summed E-state index contributed by atoms with van der Waals surface area (Å²) in [7, 11) is 0. The van der Waals surface area contributed by atoms with Crippen LogP contribution >= 0.6 is 11.6 Å². The summed E-state index contributed by atoms with van der Waals surface area (Å²) in [5, 5.41) is 9.15. The molecular weight excluding hydrogens is 338 g/mol. The molecule has 3 aromatic rings. The van der Waals surface area contributed by atoms with Gasteiger partial charge < -0.3 is 4.42 Å². The lowest BCUT2D eigenvalue weighted by molar-refractivity contribution is 0.320. The largest absolute Gasteiger partial charge is 0.419 e. The molecule has 7 heteroatoms. The zero-order chi connectivity index (χ0) is 17.2. The predicted molar refractivity (Wildman–Crippen MR) is 94.1 cm³/mol. The second-order valence-corrected chi connectivity index (χ2v) is 6.71. The molecule has 2 aromatic heterocycles. The van der Waals surface area contributed by atoms with Crippen molar-refractivity contribution in [1.82, 2.24) is 25.1 Å². The van der Waals surface area contributed by atoms with Gasteiger partial charge in [0.15, 0.2) is 0 Å². The summed E-state index contributed by atoms with van der Waals surface area (Å²) in [5.41, 5.74) is 2.61. The van der Waals surface area contributed by atoms with Gasteiger partial charge >= 0.3 is 0 Å². The van der Waals surface area contributed by atoms with E-state index in [0.717, 1.165) is 42.3 Å². The minimum atomic E-state index is 0.238. The third kappa shape index (κ3) is 3.55. The van der Waals surface area contributed by atoms with Gasteiger partial charge in [-0.3, -0.25) is 9.88 Å². The Morgan fingerprint density at radius 2 is 2.08 bits per heavy atom. The van der Waals surface area contributed by atoms with E-state index in [-0.39, 0.29) is 5.92 Å². The van der Waals surface area contributed by atoms with Gasteiger partial charge in [-0.05, 0) is 31.5 Å². The summed E-state index contributed by atoms with van der Waals surface area (Å²) in [4.78, 5) is 10.9. The van der Waals surface area contributed by atoms with Crippen LogP contribution in [0.15, 0.2) is 41.1 Å². The second-order valence-electron chi connectivity index (χ2n) is 6.30. The van der Waals surface area contributed by atoms with Gasteiger partial charge in [0.05, 0.1) is 17.8 Å².